The van der Waals surface area contributed by atoms with E-state index in [1.54, 1.807) is 12.3 Å². The maximum absolute atomic E-state index is 14.6. The van der Waals surface area contributed by atoms with Crippen LogP contribution in [0.5, 0.6) is 6.01 Å². The summed E-state index contributed by atoms with van der Waals surface area (Å²) in [6, 6.07) is 11.0. The van der Waals surface area contributed by atoms with Gasteiger partial charge in [-0.25, -0.2) is 8.78 Å². The molecule has 2 atom stereocenters. The third-order valence-corrected chi connectivity index (χ3v) is 8.79. The number of allylic oxidation sites excluding steroid dienone is 1. The second-order valence-corrected chi connectivity index (χ2v) is 11.8. The van der Waals surface area contributed by atoms with Crippen LogP contribution < -0.4 is 14.5 Å². The van der Waals surface area contributed by atoms with Gasteiger partial charge in [-0.15, -0.1) is 0 Å². The van der Waals surface area contributed by atoms with E-state index in [1.807, 2.05) is 42.1 Å². The van der Waals surface area contributed by atoms with Crippen molar-refractivity contribution in [1.29, 1.82) is 5.26 Å². The molecular weight excluding hydrogens is 604 g/mol. The highest BCUT2D eigenvalue weighted by atomic mass is 35.5. The van der Waals surface area contributed by atoms with Gasteiger partial charge in [-0.3, -0.25) is 4.79 Å². The molecule has 6 rings (SSSR count). The summed E-state index contributed by atoms with van der Waals surface area (Å²) in [6.45, 7) is 5.41. The van der Waals surface area contributed by atoms with E-state index in [2.05, 4.69) is 17.5 Å². The monoisotopic (exact) mass is 635 g/mol. The van der Waals surface area contributed by atoms with Crippen LogP contribution in [0.3, 0.4) is 0 Å². The van der Waals surface area contributed by atoms with E-state index in [-0.39, 0.29) is 36.1 Å². The smallest absolute Gasteiger partial charge is 0.319 e. The van der Waals surface area contributed by atoms with E-state index in [0.717, 1.165) is 22.3 Å². The van der Waals surface area contributed by atoms with E-state index in [1.165, 1.54) is 11.0 Å². The molecule has 1 aromatic heterocycles. The van der Waals surface area contributed by atoms with Gasteiger partial charge in [0.15, 0.2) is 5.83 Å². The molecule has 0 radical (unpaired) electrons. The topological polar surface area (TPSA) is 98.1 Å². The lowest BCUT2D eigenvalue weighted by Gasteiger charge is -2.37. The Balaban J connectivity index is 1.41. The van der Waals surface area contributed by atoms with Crippen LogP contribution in [0.4, 0.5) is 20.3 Å². The SMILES string of the molecule is C=C(F)C(=O)N1CCN(c2nc(O[C@@H]3COC[C@H]3N(C)C)nc3c2CCN(c2cccc4ccc(F)c(Cl)c24)C3)C=C1CC#N. The summed E-state index contributed by atoms with van der Waals surface area (Å²) < 4.78 is 40.4. The second kappa shape index (κ2) is 12.6. The molecule has 2 aromatic carbocycles. The molecule has 0 spiro atoms. The van der Waals surface area contributed by atoms with Gasteiger partial charge < -0.3 is 29.1 Å². The molecule has 3 aromatic rings. The molecule has 0 saturated carbocycles. The normalized spacial score (nSPS) is 19.8. The molecule has 3 aliphatic heterocycles. The van der Waals surface area contributed by atoms with Crippen molar-refractivity contribution in [2.24, 2.45) is 0 Å². The van der Waals surface area contributed by atoms with Gasteiger partial charge in [0.05, 0.1) is 54.7 Å². The van der Waals surface area contributed by atoms with Gasteiger partial charge in [0.1, 0.15) is 17.7 Å². The van der Waals surface area contributed by atoms with Gasteiger partial charge in [0.25, 0.3) is 5.91 Å². The summed E-state index contributed by atoms with van der Waals surface area (Å²) in [7, 11) is 3.92. The fourth-order valence-electron chi connectivity index (χ4n) is 6.12. The summed E-state index contributed by atoms with van der Waals surface area (Å²) in [5.74, 6) is -1.87. The number of benzene rings is 2. The third-order valence-electron chi connectivity index (χ3n) is 8.42. The van der Waals surface area contributed by atoms with E-state index < -0.39 is 17.6 Å². The zero-order valence-electron chi connectivity index (χ0n) is 25.0. The minimum absolute atomic E-state index is 0.00258. The van der Waals surface area contributed by atoms with Gasteiger partial charge in [0.2, 0.25) is 0 Å². The molecule has 234 valence electrons. The fourth-order valence-corrected chi connectivity index (χ4v) is 6.39. The van der Waals surface area contributed by atoms with Crippen molar-refractivity contribution in [2.45, 2.75) is 31.5 Å². The van der Waals surface area contributed by atoms with Crippen molar-refractivity contribution in [3.05, 3.63) is 76.7 Å². The Labute approximate surface area is 264 Å². The molecule has 45 heavy (non-hydrogen) atoms. The number of hydrogen-bond acceptors (Lipinski definition) is 9. The number of fused-ring (bicyclic) bond motifs is 2. The van der Waals surface area contributed by atoms with Gasteiger partial charge in [-0.1, -0.05) is 36.4 Å². The molecule has 10 nitrogen and oxygen atoms in total. The Kier molecular flexibility index (Phi) is 8.59. The Morgan fingerprint density at radius 3 is 2.80 bits per heavy atom. The molecule has 0 bridgehead atoms. The van der Waals surface area contributed by atoms with Crippen LogP contribution in [0, 0.1) is 17.1 Å². The van der Waals surface area contributed by atoms with E-state index in [4.69, 9.17) is 31.0 Å². The van der Waals surface area contributed by atoms with Crippen molar-refractivity contribution in [3.63, 3.8) is 0 Å². The van der Waals surface area contributed by atoms with Crippen LogP contribution in [0.2, 0.25) is 5.02 Å². The lowest BCUT2D eigenvalue weighted by Crippen LogP contribution is -2.43. The zero-order chi connectivity index (χ0) is 31.8. The van der Waals surface area contributed by atoms with Crippen LogP contribution in [0.1, 0.15) is 17.7 Å². The molecule has 0 N–H and O–H groups in total. The van der Waals surface area contributed by atoms with Gasteiger partial charge in [0, 0.05) is 42.5 Å². The van der Waals surface area contributed by atoms with Gasteiger partial charge in [-0.2, -0.15) is 15.2 Å². The van der Waals surface area contributed by atoms with Crippen LogP contribution in [0.25, 0.3) is 10.8 Å². The Hall–Kier alpha value is -4.31. The molecule has 3 aliphatic rings. The highest BCUT2D eigenvalue weighted by molar-refractivity contribution is 6.36. The summed E-state index contributed by atoms with van der Waals surface area (Å²) in [4.78, 5) is 29.4. The van der Waals surface area contributed by atoms with Gasteiger partial charge >= 0.3 is 6.01 Å². The van der Waals surface area contributed by atoms with Crippen LogP contribution in [-0.2, 0) is 22.5 Å². The van der Waals surface area contributed by atoms with Crippen LogP contribution in [-0.4, -0.2) is 84.8 Å². The van der Waals surface area contributed by atoms with E-state index in [0.29, 0.717) is 56.2 Å². The first-order valence-electron chi connectivity index (χ1n) is 14.6. The summed E-state index contributed by atoms with van der Waals surface area (Å²) >= 11 is 6.47. The molecule has 0 aliphatic carbocycles. The molecule has 13 heteroatoms. The van der Waals surface area contributed by atoms with Crippen molar-refractivity contribution in [1.82, 2.24) is 19.8 Å². The average molecular weight is 636 g/mol. The number of carbonyl (C=O) groups excluding carboxylic acids is 1. The third kappa shape index (κ3) is 5.91. The highest BCUT2D eigenvalue weighted by Crippen LogP contribution is 2.38. The Morgan fingerprint density at radius 2 is 2.04 bits per heavy atom. The summed E-state index contributed by atoms with van der Waals surface area (Å²) in [6.07, 6.45) is 1.78. The number of aromatic nitrogens is 2. The molecule has 1 amide bonds. The molecule has 1 fully saturated rings. The molecule has 4 heterocycles. The quantitative estimate of drug-likeness (QED) is 0.346. The van der Waals surface area contributed by atoms with Crippen molar-refractivity contribution in [2.75, 3.05) is 56.7 Å². The number of carbonyl (C=O) groups is 1. The predicted octanol–water partition coefficient (Wildman–Crippen LogP) is 4.58. The zero-order valence-corrected chi connectivity index (χ0v) is 25.7. The summed E-state index contributed by atoms with van der Waals surface area (Å²) in [5.41, 5.74) is 2.73. The van der Waals surface area contributed by atoms with Crippen molar-refractivity contribution in [3.8, 4) is 12.1 Å². The predicted molar refractivity (Wildman–Crippen MR) is 166 cm³/mol. The number of anilines is 2. The number of amides is 1. The number of nitrogens with zero attached hydrogens (tertiary/aromatic N) is 7. The van der Waals surface area contributed by atoms with Gasteiger partial charge in [-0.05, 0) is 38.0 Å². The Morgan fingerprint density at radius 1 is 1.22 bits per heavy atom. The molecule has 1 saturated heterocycles. The molecular formula is C32H32ClF2N7O3. The van der Waals surface area contributed by atoms with Crippen LogP contribution in [0.15, 0.2) is 54.6 Å². The van der Waals surface area contributed by atoms with Crippen molar-refractivity contribution >= 4 is 39.8 Å². The number of halogens is 3. The number of hydrogen-bond donors (Lipinski definition) is 0. The maximum atomic E-state index is 14.6. The standard InChI is InChI=1S/C32H32ClF2N7O3/c1-19(34)31(43)42-14-13-41(15-21(42)9-11-36)30-22-10-12-40(25-6-4-5-20-7-8-23(35)29(33)28(20)25)16-24(22)37-32(38-30)45-27-18-44-17-26(27)39(2)3/h4-8,15,26-27H,1,9-10,12-14,16-18H2,2-3H3/t26-,27-/m1/s1. The number of likely N-dealkylation sites (N-methyl/N-ethyl adjacent to an activating group) is 1. The first kappa shape index (κ1) is 30.7. The minimum Gasteiger partial charge on any atom is -0.456 e. The number of nitriles is 1. The fraction of sp³-hybridized carbons (Fsp3) is 0.375. The highest BCUT2D eigenvalue weighted by Gasteiger charge is 2.35. The van der Waals surface area contributed by atoms with E-state index >= 15 is 0 Å². The lowest BCUT2D eigenvalue weighted by molar-refractivity contribution is -0.126. The lowest BCUT2D eigenvalue weighted by atomic mass is 10.0. The Bertz CT molecular complexity index is 1740. The summed E-state index contributed by atoms with van der Waals surface area (Å²) in [5, 5.41) is 11.0. The first-order valence-corrected chi connectivity index (χ1v) is 15.0. The average Bonchev–Trinajstić information content (AvgIpc) is 3.50. The number of rotatable bonds is 7. The minimum atomic E-state index is -1.09. The maximum Gasteiger partial charge on any atom is 0.319 e. The van der Waals surface area contributed by atoms with E-state index in [9.17, 15) is 18.8 Å². The molecule has 0 unspecified atom stereocenters. The van der Waals surface area contributed by atoms with Crippen LogP contribution >= 0.6 is 11.6 Å². The number of ether oxygens (including phenoxy) is 2. The second-order valence-electron chi connectivity index (χ2n) is 11.4. The first-order chi connectivity index (χ1) is 21.7. The largest absolute Gasteiger partial charge is 0.456 e. The van der Waals surface area contributed by atoms with Crippen molar-refractivity contribution < 1.29 is 23.0 Å².